The number of aromatic hydroxyl groups is 1. The summed E-state index contributed by atoms with van der Waals surface area (Å²) in [6.45, 7) is 0. The van der Waals surface area contributed by atoms with Crippen LogP contribution >= 0.6 is 15.9 Å². The average molecular weight is 409 g/mol. The van der Waals surface area contributed by atoms with Gasteiger partial charge in [0, 0.05) is 15.8 Å². The summed E-state index contributed by atoms with van der Waals surface area (Å²) in [7, 11) is 0. The first kappa shape index (κ1) is 17.9. The number of para-hydroxylation sites is 1. The molecule has 124 valence electrons. The van der Waals surface area contributed by atoms with Gasteiger partial charge in [-0.2, -0.15) is 5.26 Å². The molecule has 0 saturated heterocycles. The first-order chi connectivity index (χ1) is 11.4. The van der Waals surface area contributed by atoms with Crippen molar-refractivity contribution in [3.05, 3.63) is 52.0 Å². The molecule has 0 aliphatic heterocycles. The van der Waals surface area contributed by atoms with E-state index in [0.717, 1.165) is 0 Å². The van der Waals surface area contributed by atoms with Crippen LogP contribution in [0.3, 0.4) is 0 Å². The van der Waals surface area contributed by atoms with E-state index in [1.165, 1.54) is 12.1 Å². The Morgan fingerprint density at radius 3 is 2.54 bits per heavy atom. The van der Waals surface area contributed by atoms with Gasteiger partial charge in [0.1, 0.15) is 5.75 Å². The second-order valence-corrected chi connectivity index (χ2v) is 6.36. The van der Waals surface area contributed by atoms with Crippen LogP contribution in [0.5, 0.6) is 5.75 Å². The van der Waals surface area contributed by atoms with E-state index in [-0.39, 0.29) is 16.8 Å². The molecule has 0 radical (unpaired) electrons. The minimum absolute atomic E-state index is 0.000923. The molecule has 0 fully saturated rings. The number of phenols is 1. The number of nitrogens with one attached hydrogen (secondary N) is 2. The number of urea groups is 1. The molecule has 24 heavy (non-hydrogen) atoms. The SMILES string of the molecule is N#Cc1ccc(NC(=O)Nc2ccccc2Br)c(O)c1CS(=O)[O-]. The van der Waals surface area contributed by atoms with E-state index in [0.29, 0.717) is 10.2 Å². The van der Waals surface area contributed by atoms with Gasteiger partial charge in [-0.25, -0.2) is 4.79 Å². The fourth-order valence-electron chi connectivity index (χ4n) is 1.94. The van der Waals surface area contributed by atoms with Gasteiger partial charge >= 0.3 is 6.03 Å². The van der Waals surface area contributed by atoms with Crippen molar-refractivity contribution in [2.24, 2.45) is 0 Å². The predicted molar refractivity (Wildman–Crippen MR) is 92.2 cm³/mol. The fraction of sp³-hybridized carbons (Fsp3) is 0.0667. The molecule has 1 unspecified atom stereocenters. The van der Waals surface area contributed by atoms with E-state index < -0.39 is 28.6 Å². The van der Waals surface area contributed by atoms with Crippen LogP contribution in [0.2, 0.25) is 0 Å². The zero-order valence-corrected chi connectivity index (χ0v) is 14.5. The van der Waals surface area contributed by atoms with Crippen molar-refractivity contribution in [2.75, 3.05) is 10.6 Å². The highest BCUT2D eigenvalue weighted by Crippen LogP contribution is 2.31. The lowest BCUT2D eigenvalue weighted by Crippen LogP contribution is -2.20. The third-order valence-corrected chi connectivity index (χ3v) is 4.25. The molecule has 2 rings (SSSR count). The molecule has 2 aromatic rings. The Morgan fingerprint density at radius 1 is 1.25 bits per heavy atom. The minimum Gasteiger partial charge on any atom is -0.772 e. The number of phenolic OH excluding ortho intramolecular Hbond substituents is 1. The minimum atomic E-state index is -2.49. The van der Waals surface area contributed by atoms with Crippen LogP contribution in [0.1, 0.15) is 11.1 Å². The van der Waals surface area contributed by atoms with Crippen molar-refractivity contribution in [3.63, 3.8) is 0 Å². The summed E-state index contributed by atoms with van der Waals surface area (Å²) in [5.74, 6) is -0.989. The Kier molecular flexibility index (Phi) is 5.92. The van der Waals surface area contributed by atoms with Gasteiger partial charge in [0.15, 0.2) is 0 Å². The molecule has 0 saturated carbocycles. The van der Waals surface area contributed by atoms with Crippen molar-refractivity contribution in [1.82, 2.24) is 0 Å². The highest BCUT2D eigenvalue weighted by Gasteiger charge is 2.15. The van der Waals surface area contributed by atoms with Crippen LogP contribution in [0.25, 0.3) is 0 Å². The van der Waals surface area contributed by atoms with E-state index in [4.69, 9.17) is 5.26 Å². The largest absolute Gasteiger partial charge is 0.772 e. The molecule has 0 aromatic heterocycles. The number of carbonyl (C=O) groups excluding carboxylic acids is 1. The second kappa shape index (κ2) is 7.92. The van der Waals surface area contributed by atoms with Crippen molar-refractivity contribution in [3.8, 4) is 11.8 Å². The summed E-state index contributed by atoms with van der Waals surface area (Å²) >= 11 is 0.796. The van der Waals surface area contributed by atoms with Crippen molar-refractivity contribution >= 4 is 44.4 Å². The van der Waals surface area contributed by atoms with E-state index in [1.807, 2.05) is 0 Å². The summed E-state index contributed by atoms with van der Waals surface area (Å²) in [5.41, 5.74) is 0.473. The van der Waals surface area contributed by atoms with Gasteiger partial charge < -0.3 is 20.3 Å². The molecule has 0 aliphatic rings. The Balaban J connectivity index is 2.23. The number of nitrogens with zero attached hydrogens (tertiary/aromatic N) is 1. The number of carbonyl (C=O) groups is 1. The van der Waals surface area contributed by atoms with E-state index in [2.05, 4.69) is 26.6 Å². The maximum absolute atomic E-state index is 12.0. The highest BCUT2D eigenvalue weighted by molar-refractivity contribution is 9.10. The molecular weight excluding hydrogens is 398 g/mol. The van der Waals surface area contributed by atoms with Gasteiger partial charge in [-0.05, 0) is 40.2 Å². The number of halogens is 1. The van der Waals surface area contributed by atoms with Crippen LogP contribution in [0.15, 0.2) is 40.9 Å². The van der Waals surface area contributed by atoms with E-state index in [9.17, 15) is 18.7 Å². The molecule has 2 aromatic carbocycles. The van der Waals surface area contributed by atoms with Crippen molar-refractivity contribution in [2.45, 2.75) is 5.75 Å². The summed E-state index contributed by atoms with van der Waals surface area (Å²) in [4.78, 5) is 12.0. The molecule has 1 atom stereocenters. The monoisotopic (exact) mass is 408 g/mol. The Labute approximate surface area is 148 Å². The fourth-order valence-corrected chi connectivity index (χ4v) is 2.86. The molecule has 0 spiro atoms. The molecule has 0 bridgehead atoms. The van der Waals surface area contributed by atoms with Crippen LogP contribution < -0.4 is 10.6 Å². The van der Waals surface area contributed by atoms with Gasteiger partial charge in [-0.1, -0.05) is 23.2 Å². The third-order valence-electron chi connectivity index (χ3n) is 3.04. The number of rotatable bonds is 4. The second-order valence-electron chi connectivity index (χ2n) is 4.61. The van der Waals surface area contributed by atoms with E-state index in [1.54, 1.807) is 30.3 Å². The van der Waals surface area contributed by atoms with Gasteiger partial charge in [0.2, 0.25) is 0 Å². The number of benzene rings is 2. The topological polar surface area (TPSA) is 125 Å². The summed E-state index contributed by atoms with van der Waals surface area (Å²) in [6.07, 6.45) is 0. The zero-order chi connectivity index (χ0) is 17.7. The Morgan fingerprint density at radius 2 is 1.92 bits per heavy atom. The summed E-state index contributed by atoms with van der Waals surface area (Å²) < 4.78 is 22.4. The van der Waals surface area contributed by atoms with Gasteiger partial charge in [0.25, 0.3) is 0 Å². The molecule has 7 nitrogen and oxygen atoms in total. The normalized spacial score (nSPS) is 11.4. The molecular formula is C15H11BrN3O4S-. The van der Waals surface area contributed by atoms with Crippen LogP contribution in [0.4, 0.5) is 16.2 Å². The smallest absolute Gasteiger partial charge is 0.323 e. The van der Waals surface area contributed by atoms with Crippen LogP contribution in [0, 0.1) is 11.3 Å². The lowest BCUT2D eigenvalue weighted by Gasteiger charge is -2.14. The maximum atomic E-state index is 12.0. The number of nitriles is 1. The first-order valence-electron chi connectivity index (χ1n) is 6.55. The zero-order valence-electron chi connectivity index (χ0n) is 12.1. The molecule has 0 aliphatic carbocycles. The van der Waals surface area contributed by atoms with Crippen LogP contribution in [-0.4, -0.2) is 19.9 Å². The lowest BCUT2D eigenvalue weighted by atomic mass is 10.1. The number of hydrogen-bond donors (Lipinski definition) is 3. The maximum Gasteiger partial charge on any atom is 0.323 e. The Hall–Kier alpha value is -2.41. The standard InChI is InChI=1S/C15H12BrN3O4S/c16-11-3-1-2-4-12(11)18-15(21)19-13-6-5-9(7-17)10(14(13)20)8-24(22)23/h1-6,20H,8H2,(H,22,23)(H2,18,19,21)/p-1. The summed E-state index contributed by atoms with van der Waals surface area (Å²) in [6, 6.07) is 10.8. The molecule has 9 heteroatoms. The molecule has 0 heterocycles. The third kappa shape index (κ3) is 4.32. The van der Waals surface area contributed by atoms with Crippen LogP contribution in [-0.2, 0) is 16.8 Å². The quantitative estimate of drug-likeness (QED) is 0.529. The van der Waals surface area contributed by atoms with Gasteiger partial charge in [-0.15, -0.1) is 0 Å². The van der Waals surface area contributed by atoms with Gasteiger partial charge in [-0.3, -0.25) is 4.21 Å². The number of amides is 2. The number of hydrogen-bond acceptors (Lipinski definition) is 5. The first-order valence-corrected chi connectivity index (χ1v) is 8.59. The number of anilines is 2. The predicted octanol–water partition coefficient (Wildman–Crippen LogP) is 3.05. The van der Waals surface area contributed by atoms with Gasteiger partial charge in [0.05, 0.1) is 23.0 Å². The van der Waals surface area contributed by atoms with E-state index >= 15 is 0 Å². The molecule has 3 N–H and O–H groups in total. The Bertz CT molecular complexity index is 851. The van der Waals surface area contributed by atoms with Crippen molar-refractivity contribution < 1.29 is 18.7 Å². The average Bonchev–Trinajstić information content (AvgIpc) is 2.53. The summed E-state index contributed by atoms with van der Waals surface area (Å²) in [5, 5.41) is 24.1. The van der Waals surface area contributed by atoms with Crippen molar-refractivity contribution in [1.29, 1.82) is 5.26 Å². The highest BCUT2D eigenvalue weighted by atomic mass is 79.9. The lowest BCUT2D eigenvalue weighted by molar-refractivity contribution is 0.262. The molecule has 2 amide bonds.